The van der Waals surface area contributed by atoms with E-state index in [2.05, 4.69) is 4.98 Å². The van der Waals surface area contributed by atoms with Crippen LogP contribution in [0, 0.1) is 0 Å². The Morgan fingerprint density at radius 1 is 1.03 bits per heavy atom. The number of pyridine rings is 1. The highest BCUT2D eigenvalue weighted by atomic mass is 16.5. The predicted octanol–water partition coefficient (Wildman–Crippen LogP) is 2.09. The predicted molar refractivity (Wildman–Crippen MR) is 121 cm³/mol. The zero-order valence-electron chi connectivity index (χ0n) is 18.5. The number of nitrogens with two attached hydrogens (primary N) is 1. The smallest absolute Gasteiger partial charge is 0.257 e. The standard InChI is InChI=1S/C24H30N4O4/c1-31-19-4-2-17(3-5-19)16-22(29)27-10-8-18(9-11-27)21-7-6-20(23(25)26-21)24(30)28-12-14-32-15-13-28/h2-7,18H,8-16H2,1H3,(H2,25,26). The summed E-state index contributed by atoms with van der Waals surface area (Å²) < 4.78 is 10.5. The lowest BCUT2D eigenvalue weighted by Crippen LogP contribution is -2.41. The van der Waals surface area contributed by atoms with Gasteiger partial charge in [0.1, 0.15) is 11.6 Å². The minimum Gasteiger partial charge on any atom is -0.497 e. The highest BCUT2D eigenvalue weighted by Crippen LogP contribution is 2.29. The first-order valence-corrected chi connectivity index (χ1v) is 11.1. The molecule has 4 rings (SSSR count). The molecule has 0 bridgehead atoms. The zero-order chi connectivity index (χ0) is 22.5. The molecule has 0 unspecified atom stereocenters. The molecule has 1 aromatic carbocycles. The number of anilines is 1. The highest BCUT2D eigenvalue weighted by Gasteiger charge is 2.26. The van der Waals surface area contributed by atoms with E-state index < -0.39 is 0 Å². The van der Waals surface area contributed by atoms with Gasteiger partial charge in [-0.3, -0.25) is 9.59 Å². The second kappa shape index (κ2) is 9.99. The molecule has 2 aliphatic heterocycles. The van der Waals surface area contributed by atoms with Crippen LogP contribution in [0.5, 0.6) is 5.75 Å². The van der Waals surface area contributed by atoms with Crippen molar-refractivity contribution >= 4 is 17.6 Å². The number of rotatable bonds is 5. The fraction of sp³-hybridized carbons (Fsp3) is 0.458. The number of amides is 2. The molecule has 2 fully saturated rings. The monoisotopic (exact) mass is 438 g/mol. The maximum atomic E-state index is 12.7. The van der Waals surface area contributed by atoms with Crippen molar-refractivity contribution in [3.63, 3.8) is 0 Å². The summed E-state index contributed by atoms with van der Waals surface area (Å²) in [5, 5.41) is 0. The summed E-state index contributed by atoms with van der Waals surface area (Å²) in [5.41, 5.74) is 8.47. The quantitative estimate of drug-likeness (QED) is 0.768. The number of likely N-dealkylation sites (tertiary alicyclic amines) is 1. The molecule has 0 aliphatic carbocycles. The lowest BCUT2D eigenvalue weighted by atomic mass is 9.92. The first-order chi connectivity index (χ1) is 15.5. The number of morpholine rings is 1. The number of carbonyl (C=O) groups is 2. The van der Waals surface area contributed by atoms with Gasteiger partial charge in [-0.2, -0.15) is 0 Å². The Labute approximate surface area is 188 Å². The summed E-state index contributed by atoms with van der Waals surface area (Å²) in [6, 6.07) is 11.3. The van der Waals surface area contributed by atoms with Crippen molar-refractivity contribution < 1.29 is 19.1 Å². The first kappa shape index (κ1) is 22.1. The van der Waals surface area contributed by atoms with Crippen molar-refractivity contribution in [2.75, 3.05) is 52.2 Å². The van der Waals surface area contributed by atoms with Gasteiger partial charge in [0, 0.05) is 37.8 Å². The van der Waals surface area contributed by atoms with Crippen LogP contribution in [0.2, 0.25) is 0 Å². The Bertz CT molecular complexity index is 949. The number of nitrogen functional groups attached to an aromatic ring is 1. The fourth-order valence-electron chi connectivity index (χ4n) is 4.29. The molecule has 0 radical (unpaired) electrons. The summed E-state index contributed by atoms with van der Waals surface area (Å²) in [6.45, 7) is 3.62. The van der Waals surface area contributed by atoms with Crippen molar-refractivity contribution in [1.82, 2.24) is 14.8 Å². The first-order valence-electron chi connectivity index (χ1n) is 11.1. The molecular formula is C24H30N4O4. The second-order valence-electron chi connectivity index (χ2n) is 8.25. The van der Waals surface area contributed by atoms with E-state index in [1.54, 1.807) is 18.1 Å². The molecule has 1 aromatic heterocycles. The molecule has 2 amide bonds. The maximum Gasteiger partial charge on any atom is 0.257 e. The molecule has 0 saturated carbocycles. The minimum absolute atomic E-state index is 0.0937. The molecule has 170 valence electrons. The van der Waals surface area contributed by atoms with Crippen LogP contribution in [-0.2, 0) is 16.0 Å². The molecule has 8 nitrogen and oxygen atoms in total. The maximum absolute atomic E-state index is 12.7. The minimum atomic E-state index is -0.0937. The Hall–Kier alpha value is -3.13. The van der Waals surface area contributed by atoms with Gasteiger partial charge in [0.2, 0.25) is 5.91 Å². The third-order valence-corrected chi connectivity index (χ3v) is 6.26. The molecule has 3 heterocycles. The molecule has 0 spiro atoms. The average Bonchev–Trinajstić information content (AvgIpc) is 2.84. The second-order valence-corrected chi connectivity index (χ2v) is 8.25. The summed E-state index contributed by atoms with van der Waals surface area (Å²) in [4.78, 5) is 33.6. The van der Waals surface area contributed by atoms with Gasteiger partial charge in [-0.25, -0.2) is 4.98 Å². The third kappa shape index (κ3) is 5.02. The van der Waals surface area contributed by atoms with Gasteiger partial charge in [-0.15, -0.1) is 0 Å². The Morgan fingerprint density at radius 3 is 2.34 bits per heavy atom. The van der Waals surface area contributed by atoms with E-state index in [4.69, 9.17) is 15.2 Å². The summed E-state index contributed by atoms with van der Waals surface area (Å²) in [7, 11) is 1.63. The van der Waals surface area contributed by atoms with Gasteiger partial charge in [0.05, 0.1) is 32.3 Å². The average molecular weight is 439 g/mol. The molecular weight excluding hydrogens is 408 g/mol. The van der Waals surface area contributed by atoms with Gasteiger partial charge >= 0.3 is 0 Å². The van der Waals surface area contributed by atoms with Gasteiger partial charge in [0.25, 0.3) is 5.91 Å². The number of carbonyl (C=O) groups excluding carboxylic acids is 2. The Balaban J connectivity index is 1.32. The van der Waals surface area contributed by atoms with Gasteiger partial charge in [0.15, 0.2) is 0 Å². The van der Waals surface area contributed by atoms with Crippen LogP contribution < -0.4 is 10.5 Å². The van der Waals surface area contributed by atoms with Crippen LogP contribution in [0.25, 0.3) is 0 Å². The molecule has 2 aromatic rings. The van der Waals surface area contributed by atoms with E-state index in [-0.39, 0.29) is 23.6 Å². The van der Waals surface area contributed by atoms with Crippen LogP contribution in [0.4, 0.5) is 5.82 Å². The number of methoxy groups -OCH3 is 1. The Kier molecular flexibility index (Phi) is 6.90. The van der Waals surface area contributed by atoms with E-state index in [9.17, 15) is 9.59 Å². The SMILES string of the molecule is COc1ccc(CC(=O)N2CCC(c3ccc(C(=O)N4CCOCC4)c(N)n3)CC2)cc1. The zero-order valence-corrected chi connectivity index (χ0v) is 18.5. The van der Waals surface area contributed by atoms with Crippen LogP contribution in [0.1, 0.15) is 40.4 Å². The van der Waals surface area contributed by atoms with E-state index in [1.807, 2.05) is 35.2 Å². The number of piperidine rings is 1. The van der Waals surface area contributed by atoms with Gasteiger partial charge < -0.3 is 25.0 Å². The number of hydrogen-bond acceptors (Lipinski definition) is 6. The number of ether oxygens (including phenoxy) is 2. The molecule has 8 heteroatoms. The number of hydrogen-bond donors (Lipinski definition) is 1. The topological polar surface area (TPSA) is 98.0 Å². The lowest BCUT2D eigenvalue weighted by molar-refractivity contribution is -0.131. The van der Waals surface area contributed by atoms with Gasteiger partial charge in [-0.1, -0.05) is 12.1 Å². The van der Waals surface area contributed by atoms with E-state index in [0.29, 0.717) is 51.4 Å². The van der Waals surface area contributed by atoms with Crippen LogP contribution in [0.15, 0.2) is 36.4 Å². The summed E-state index contributed by atoms with van der Waals surface area (Å²) in [6.07, 6.45) is 2.05. The molecule has 2 aliphatic rings. The van der Waals surface area contributed by atoms with E-state index >= 15 is 0 Å². The number of benzene rings is 1. The lowest BCUT2D eigenvalue weighted by Gasteiger charge is -2.32. The van der Waals surface area contributed by atoms with Crippen LogP contribution >= 0.6 is 0 Å². The van der Waals surface area contributed by atoms with Crippen molar-refractivity contribution in [3.05, 3.63) is 53.2 Å². The highest BCUT2D eigenvalue weighted by molar-refractivity contribution is 5.98. The molecule has 0 atom stereocenters. The van der Waals surface area contributed by atoms with Crippen molar-refractivity contribution in [3.8, 4) is 5.75 Å². The summed E-state index contributed by atoms with van der Waals surface area (Å²) >= 11 is 0. The van der Waals surface area contributed by atoms with Crippen molar-refractivity contribution in [2.45, 2.75) is 25.2 Å². The van der Waals surface area contributed by atoms with Gasteiger partial charge in [-0.05, 0) is 42.7 Å². The number of aromatic nitrogens is 1. The third-order valence-electron chi connectivity index (χ3n) is 6.26. The van der Waals surface area contributed by atoms with E-state index in [1.165, 1.54) is 0 Å². The fourth-order valence-corrected chi connectivity index (χ4v) is 4.29. The van der Waals surface area contributed by atoms with Crippen LogP contribution in [-0.4, -0.2) is 73.1 Å². The van der Waals surface area contributed by atoms with Crippen LogP contribution in [0.3, 0.4) is 0 Å². The Morgan fingerprint density at radius 2 is 1.72 bits per heavy atom. The molecule has 2 N–H and O–H groups in total. The normalized spacial score (nSPS) is 17.3. The molecule has 2 saturated heterocycles. The van der Waals surface area contributed by atoms with E-state index in [0.717, 1.165) is 29.8 Å². The largest absolute Gasteiger partial charge is 0.497 e. The van der Waals surface area contributed by atoms with Crippen molar-refractivity contribution in [2.24, 2.45) is 0 Å². The molecule has 32 heavy (non-hydrogen) atoms. The number of nitrogens with zero attached hydrogens (tertiary/aromatic N) is 3. The summed E-state index contributed by atoms with van der Waals surface area (Å²) in [5.74, 6) is 1.33. The van der Waals surface area contributed by atoms with Crippen molar-refractivity contribution in [1.29, 1.82) is 0 Å².